The summed E-state index contributed by atoms with van der Waals surface area (Å²) in [6, 6.07) is 13.1. The first-order valence-corrected chi connectivity index (χ1v) is 8.74. The molecule has 1 N–H and O–H groups in total. The average molecular weight is 286 g/mol. The first-order valence-electron chi connectivity index (χ1n) is 8.74. The second kappa shape index (κ2) is 6.50. The van der Waals surface area contributed by atoms with Crippen LogP contribution in [0.3, 0.4) is 0 Å². The lowest BCUT2D eigenvalue weighted by atomic mass is 9.95. The monoisotopic (exact) mass is 286 g/mol. The van der Waals surface area contributed by atoms with Gasteiger partial charge in [-0.1, -0.05) is 57.5 Å². The highest BCUT2D eigenvalue weighted by atomic mass is 15.3. The van der Waals surface area contributed by atoms with Crippen LogP contribution in [0.2, 0.25) is 0 Å². The van der Waals surface area contributed by atoms with Crippen molar-refractivity contribution >= 4 is 0 Å². The Balaban J connectivity index is 1.75. The molecule has 0 radical (unpaired) electrons. The van der Waals surface area contributed by atoms with Crippen molar-refractivity contribution in [1.82, 2.24) is 10.2 Å². The number of piperazine rings is 1. The maximum absolute atomic E-state index is 3.78. The van der Waals surface area contributed by atoms with Crippen LogP contribution in [0.25, 0.3) is 0 Å². The van der Waals surface area contributed by atoms with Crippen LogP contribution in [-0.4, -0.2) is 30.1 Å². The van der Waals surface area contributed by atoms with Gasteiger partial charge in [0.1, 0.15) is 0 Å². The van der Waals surface area contributed by atoms with E-state index in [-0.39, 0.29) is 0 Å². The quantitative estimate of drug-likeness (QED) is 0.884. The van der Waals surface area contributed by atoms with Gasteiger partial charge in [0, 0.05) is 31.2 Å². The molecule has 3 rings (SSSR count). The van der Waals surface area contributed by atoms with E-state index in [4.69, 9.17) is 0 Å². The molecule has 0 aromatic heterocycles. The smallest absolute Gasteiger partial charge is 0.0476 e. The fourth-order valence-corrected chi connectivity index (χ4v) is 3.92. The topological polar surface area (TPSA) is 15.3 Å². The summed E-state index contributed by atoms with van der Waals surface area (Å²) >= 11 is 0. The Morgan fingerprint density at radius 1 is 1.24 bits per heavy atom. The maximum Gasteiger partial charge on any atom is 0.0476 e. The van der Waals surface area contributed by atoms with Crippen LogP contribution in [0.15, 0.2) is 30.3 Å². The summed E-state index contributed by atoms with van der Waals surface area (Å²) < 4.78 is 0. The van der Waals surface area contributed by atoms with E-state index in [0.717, 1.165) is 18.5 Å². The molecule has 2 heteroatoms. The number of hydrogen-bond acceptors (Lipinski definition) is 2. The molecule has 2 aliphatic rings. The van der Waals surface area contributed by atoms with Crippen LogP contribution in [0.1, 0.15) is 51.6 Å². The minimum Gasteiger partial charge on any atom is -0.311 e. The molecule has 1 aliphatic carbocycles. The zero-order chi connectivity index (χ0) is 14.8. The molecule has 0 spiro atoms. The summed E-state index contributed by atoms with van der Waals surface area (Å²) in [5.74, 6) is 1.67. The van der Waals surface area contributed by atoms with Gasteiger partial charge in [0.25, 0.3) is 0 Å². The summed E-state index contributed by atoms with van der Waals surface area (Å²) in [7, 11) is 0. The Kier molecular flexibility index (Phi) is 4.66. The van der Waals surface area contributed by atoms with Gasteiger partial charge >= 0.3 is 0 Å². The molecule has 4 unspecified atom stereocenters. The fourth-order valence-electron chi connectivity index (χ4n) is 3.92. The molecule has 2 nitrogen and oxygen atoms in total. The number of rotatable bonds is 5. The normalized spacial score (nSPS) is 33.3. The van der Waals surface area contributed by atoms with Gasteiger partial charge in [-0.2, -0.15) is 0 Å². The predicted molar refractivity (Wildman–Crippen MR) is 89.3 cm³/mol. The Hall–Kier alpha value is -0.860. The highest BCUT2D eigenvalue weighted by Gasteiger charge is 2.45. The Morgan fingerprint density at radius 3 is 2.67 bits per heavy atom. The van der Waals surface area contributed by atoms with Crippen molar-refractivity contribution in [3.63, 3.8) is 0 Å². The van der Waals surface area contributed by atoms with Crippen molar-refractivity contribution in [1.29, 1.82) is 0 Å². The van der Waals surface area contributed by atoms with E-state index in [1.54, 1.807) is 0 Å². The molecule has 1 aromatic rings. The van der Waals surface area contributed by atoms with E-state index in [1.165, 1.54) is 31.4 Å². The van der Waals surface area contributed by atoms with E-state index in [1.807, 2.05) is 0 Å². The fraction of sp³-hybridized carbons (Fsp3) is 0.684. The summed E-state index contributed by atoms with van der Waals surface area (Å²) in [5, 5.41) is 3.78. The van der Waals surface area contributed by atoms with E-state index in [0.29, 0.717) is 18.0 Å². The summed E-state index contributed by atoms with van der Waals surface area (Å²) in [4.78, 5) is 2.82. The van der Waals surface area contributed by atoms with Gasteiger partial charge in [-0.3, -0.25) is 4.90 Å². The molecule has 116 valence electrons. The summed E-state index contributed by atoms with van der Waals surface area (Å²) in [6.07, 6.45) is 4.15. The van der Waals surface area contributed by atoms with Crippen LogP contribution >= 0.6 is 0 Å². The highest BCUT2D eigenvalue weighted by Crippen LogP contribution is 2.44. The SMILES string of the molecule is CCCC1CC1N1CC(C(C)C)NCC1c1ccccc1. The van der Waals surface area contributed by atoms with E-state index in [9.17, 15) is 0 Å². The number of nitrogens with one attached hydrogen (secondary N) is 1. The number of nitrogens with zero attached hydrogens (tertiary/aromatic N) is 1. The molecular formula is C19H30N2. The first kappa shape index (κ1) is 15.1. The molecule has 21 heavy (non-hydrogen) atoms. The lowest BCUT2D eigenvalue weighted by Gasteiger charge is -2.42. The Bertz CT molecular complexity index is 442. The molecule has 1 saturated heterocycles. The molecule has 1 aromatic carbocycles. The maximum atomic E-state index is 3.78. The summed E-state index contributed by atoms with van der Waals surface area (Å²) in [6.45, 7) is 9.31. The zero-order valence-electron chi connectivity index (χ0n) is 13.8. The van der Waals surface area contributed by atoms with Crippen molar-refractivity contribution in [3.8, 4) is 0 Å². The minimum absolute atomic E-state index is 0.563. The van der Waals surface area contributed by atoms with Gasteiger partial charge < -0.3 is 5.32 Å². The largest absolute Gasteiger partial charge is 0.311 e. The molecule has 0 amide bonds. The van der Waals surface area contributed by atoms with Gasteiger partial charge in [-0.25, -0.2) is 0 Å². The summed E-state index contributed by atoms with van der Waals surface area (Å²) in [5.41, 5.74) is 1.48. The van der Waals surface area contributed by atoms with Crippen LogP contribution in [0.4, 0.5) is 0 Å². The van der Waals surface area contributed by atoms with Crippen LogP contribution in [0, 0.1) is 11.8 Å². The minimum atomic E-state index is 0.563. The van der Waals surface area contributed by atoms with Gasteiger partial charge in [0.05, 0.1) is 0 Å². The third-order valence-corrected chi connectivity index (χ3v) is 5.34. The van der Waals surface area contributed by atoms with Gasteiger partial charge in [0.2, 0.25) is 0 Å². The zero-order valence-corrected chi connectivity index (χ0v) is 13.8. The second-order valence-electron chi connectivity index (χ2n) is 7.23. The van der Waals surface area contributed by atoms with Gasteiger partial charge in [0.15, 0.2) is 0 Å². The molecule has 1 heterocycles. The van der Waals surface area contributed by atoms with Crippen molar-refractivity contribution < 1.29 is 0 Å². The highest BCUT2D eigenvalue weighted by molar-refractivity contribution is 5.21. The lowest BCUT2D eigenvalue weighted by Crippen LogP contribution is -2.55. The van der Waals surface area contributed by atoms with Crippen molar-refractivity contribution in [2.24, 2.45) is 11.8 Å². The second-order valence-corrected chi connectivity index (χ2v) is 7.23. The molecule has 1 saturated carbocycles. The van der Waals surface area contributed by atoms with E-state index in [2.05, 4.69) is 61.3 Å². The predicted octanol–water partition coefficient (Wildman–Crippen LogP) is 3.85. The van der Waals surface area contributed by atoms with Gasteiger partial charge in [-0.15, -0.1) is 0 Å². The molecule has 2 fully saturated rings. The third kappa shape index (κ3) is 3.32. The molecule has 4 atom stereocenters. The number of benzene rings is 1. The van der Waals surface area contributed by atoms with Crippen molar-refractivity contribution in [2.75, 3.05) is 13.1 Å². The third-order valence-electron chi connectivity index (χ3n) is 5.34. The molecular weight excluding hydrogens is 256 g/mol. The average Bonchev–Trinajstić information content (AvgIpc) is 3.27. The standard InChI is InChI=1S/C19H30N2/c1-4-8-16-11-18(16)21-13-17(14(2)3)20-12-19(21)15-9-6-5-7-10-15/h5-7,9-10,14,16-20H,4,8,11-13H2,1-3H3. The van der Waals surface area contributed by atoms with Crippen LogP contribution in [0.5, 0.6) is 0 Å². The van der Waals surface area contributed by atoms with E-state index >= 15 is 0 Å². The first-order chi connectivity index (χ1) is 10.2. The van der Waals surface area contributed by atoms with Crippen molar-refractivity contribution in [2.45, 2.75) is 58.2 Å². The van der Waals surface area contributed by atoms with Crippen LogP contribution in [-0.2, 0) is 0 Å². The molecule has 0 bridgehead atoms. The van der Waals surface area contributed by atoms with Crippen molar-refractivity contribution in [3.05, 3.63) is 35.9 Å². The van der Waals surface area contributed by atoms with Gasteiger partial charge in [-0.05, 0) is 30.2 Å². The van der Waals surface area contributed by atoms with E-state index < -0.39 is 0 Å². The Labute approximate surface area is 129 Å². The molecule has 1 aliphatic heterocycles. The number of hydrogen-bond donors (Lipinski definition) is 1. The lowest BCUT2D eigenvalue weighted by molar-refractivity contribution is 0.0990. The van der Waals surface area contributed by atoms with Crippen LogP contribution < -0.4 is 5.32 Å². The Morgan fingerprint density at radius 2 is 2.00 bits per heavy atom.